The average molecular weight is 314 g/mol. The van der Waals surface area contributed by atoms with Crippen molar-refractivity contribution in [2.24, 2.45) is 0 Å². The molecule has 0 aromatic carbocycles. The van der Waals surface area contributed by atoms with Gasteiger partial charge in [0.05, 0.1) is 0 Å². The second kappa shape index (κ2) is 4.00. The molecule has 1 aromatic rings. The zero-order valence-corrected chi connectivity index (χ0v) is 8.63. The molecule has 1 rings (SSSR count). The summed E-state index contributed by atoms with van der Waals surface area (Å²) in [5, 5.41) is 8.41. The molecule has 0 aliphatic rings. The van der Waals surface area contributed by atoms with Crippen LogP contribution in [-0.4, -0.2) is 11.3 Å². The second-order valence-electron chi connectivity index (χ2n) is 2.15. The minimum atomic E-state index is -4.74. The summed E-state index contributed by atoms with van der Waals surface area (Å²) in [6.45, 7) is 0. The minimum absolute atomic E-state index is 0.000949. The maximum Gasteiger partial charge on any atom is 0.573 e. The zero-order valence-electron chi connectivity index (χ0n) is 6.47. The smallest absolute Gasteiger partial charge is 0.403 e. The quantitative estimate of drug-likeness (QED) is 0.591. The van der Waals surface area contributed by atoms with Crippen molar-refractivity contribution in [1.29, 1.82) is 5.26 Å². The minimum Gasteiger partial charge on any atom is -0.403 e. The van der Waals surface area contributed by atoms with Crippen molar-refractivity contribution in [1.82, 2.24) is 4.98 Å². The van der Waals surface area contributed by atoms with Crippen LogP contribution in [0.4, 0.5) is 13.2 Å². The van der Waals surface area contributed by atoms with Gasteiger partial charge < -0.3 is 4.74 Å². The Hall–Kier alpha value is -1.04. The number of halogens is 4. The molecule has 0 saturated heterocycles. The van der Waals surface area contributed by atoms with Crippen molar-refractivity contribution in [3.05, 3.63) is 21.5 Å². The molecule has 0 atom stereocenters. The predicted octanol–water partition coefficient (Wildman–Crippen LogP) is 2.46. The molecule has 3 nitrogen and oxygen atoms in total. The molecule has 0 spiro atoms. The third kappa shape index (κ3) is 3.02. The highest BCUT2D eigenvalue weighted by molar-refractivity contribution is 14.1. The first-order chi connectivity index (χ1) is 6.42. The fourth-order valence-corrected chi connectivity index (χ4v) is 1.23. The number of hydrogen-bond donors (Lipinski definition) is 0. The van der Waals surface area contributed by atoms with Gasteiger partial charge in [-0.05, 0) is 34.7 Å². The normalized spacial score (nSPS) is 10.8. The van der Waals surface area contributed by atoms with Gasteiger partial charge >= 0.3 is 6.36 Å². The van der Waals surface area contributed by atoms with Crippen LogP contribution in [0.3, 0.4) is 0 Å². The van der Waals surface area contributed by atoms with E-state index in [1.807, 2.05) is 0 Å². The number of hydrogen-bond acceptors (Lipinski definition) is 3. The van der Waals surface area contributed by atoms with E-state index >= 15 is 0 Å². The van der Waals surface area contributed by atoms with Crippen LogP contribution in [0.2, 0.25) is 0 Å². The average Bonchev–Trinajstić information content (AvgIpc) is 2.06. The summed E-state index contributed by atoms with van der Waals surface area (Å²) < 4.78 is 39.0. The van der Waals surface area contributed by atoms with Crippen LogP contribution in [0, 0.1) is 15.0 Å². The first kappa shape index (κ1) is 11.0. The lowest BCUT2D eigenvalue weighted by Gasteiger charge is -2.09. The molecule has 1 aromatic heterocycles. The standard InChI is InChI=1S/C7H2F3IN2O/c8-7(9,10)14-5-2-1-4(3-12)13-6(5)11/h1-2H. The van der Waals surface area contributed by atoms with Crippen molar-refractivity contribution < 1.29 is 17.9 Å². The largest absolute Gasteiger partial charge is 0.573 e. The van der Waals surface area contributed by atoms with Crippen LogP contribution in [0.15, 0.2) is 12.1 Å². The Balaban J connectivity index is 2.97. The molecular formula is C7H2F3IN2O. The summed E-state index contributed by atoms with van der Waals surface area (Å²) in [6.07, 6.45) is -4.74. The molecule has 7 heteroatoms. The van der Waals surface area contributed by atoms with Gasteiger partial charge in [-0.3, -0.25) is 0 Å². The number of nitriles is 1. The van der Waals surface area contributed by atoms with Gasteiger partial charge in [-0.15, -0.1) is 13.2 Å². The molecule has 0 aliphatic carbocycles. The van der Waals surface area contributed by atoms with Crippen LogP contribution in [-0.2, 0) is 0 Å². The third-order valence-corrected chi connectivity index (χ3v) is 1.93. The Morgan fingerprint density at radius 3 is 2.50 bits per heavy atom. The monoisotopic (exact) mass is 314 g/mol. The Kier molecular flexibility index (Phi) is 3.15. The highest BCUT2D eigenvalue weighted by Gasteiger charge is 2.32. The van der Waals surface area contributed by atoms with Gasteiger partial charge in [0.2, 0.25) is 0 Å². The molecule has 74 valence electrons. The number of ether oxygens (including phenoxy) is 1. The Morgan fingerprint density at radius 1 is 1.43 bits per heavy atom. The van der Waals surface area contributed by atoms with Crippen LogP contribution < -0.4 is 4.74 Å². The van der Waals surface area contributed by atoms with E-state index in [0.717, 1.165) is 12.1 Å². The Morgan fingerprint density at radius 2 is 2.07 bits per heavy atom. The fraction of sp³-hybridized carbons (Fsp3) is 0.143. The van der Waals surface area contributed by atoms with Crippen LogP contribution in [0.1, 0.15) is 5.69 Å². The maximum atomic E-state index is 11.8. The van der Waals surface area contributed by atoms with Crippen LogP contribution >= 0.6 is 22.6 Å². The Labute approximate surface area is 90.6 Å². The first-order valence-corrected chi connectivity index (χ1v) is 4.32. The van der Waals surface area contributed by atoms with E-state index in [1.165, 1.54) is 0 Å². The summed E-state index contributed by atoms with van der Waals surface area (Å²) in [7, 11) is 0. The van der Waals surface area contributed by atoms with Crippen molar-refractivity contribution >= 4 is 22.6 Å². The lowest BCUT2D eigenvalue weighted by Crippen LogP contribution is -2.18. The molecule has 0 unspecified atom stereocenters. The number of rotatable bonds is 1. The molecule has 0 aliphatic heterocycles. The molecule has 1 heterocycles. The molecule has 0 N–H and O–H groups in total. The number of pyridine rings is 1. The number of nitrogens with zero attached hydrogens (tertiary/aromatic N) is 2. The second-order valence-corrected chi connectivity index (χ2v) is 3.17. The van der Waals surface area contributed by atoms with Crippen LogP contribution in [0.25, 0.3) is 0 Å². The van der Waals surface area contributed by atoms with Crippen molar-refractivity contribution in [3.8, 4) is 11.8 Å². The SMILES string of the molecule is N#Cc1ccc(OC(F)(F)F)c(I)n1. The zero-order chi connectivity index (χ0) is 10.8. The highest BCUT2D eigenvalue weighted by Crippen LogP contribution is 2.26. The van der Waals surface area contributed by atoms with E-state index < -0.39 is 12.1 Å². The van der Waals surface area contributed by atoms with Crippen molar-refractivity contribution in [2.75, 3.05) is 0 Å². The summed E-state index contributed by atoms with van der Waals surface area (Å²) in [4.78, 5) is 3.58. The Bertz CT molecular complexity index is 386. The van der Waals surface area contributed by atoms with Gasteiger partial charge in [0.25, 0.3) is 0 Å². The molecule has 0 amide bonds. The van der Waals surface area contributed by atoms with Crippen molar-refractivity contribution in [3.63, 3.8) is 0 Å². The van der Waals surface area contributed by atoms with Gasteiger partial charge in [0.1, 0.15) is 15.5 Å². The highest BCUT2D eigenvalue weighted by atomic mass is 127. The molecule has 0 bridgehead atoms. The summed E-state index contributed by atoms with van der Waals surface area (Å²) in [6, 6.07) is 3.92. The van der Waals surface area contributed by atoms with E-state index in [1.54, 1.807) is 28.7 Å². The maximum absolute atomic E-state index is 11.8. The lowest BCUT2D eigenvalue weighted by molar-refractivity contribution is -0.275. The summed E-state index contributed by atoms with van der Waals surface area (Å²) in [5.74, 6) is -0.405. The molecule has 0 saturated carbocycles. The molecular weight excluding hydrogens is 312 g/mol. The first-order valence-electron chi connectivity index (χ1n) is 3.25. The topological polar surface area (TPSA) is 45.9 Å². The van der Waals surface area contributed by atoms with E-state index in [2.05, 4.69) is 9.72 Å². The van der Waals surface area contributed by atoms with E-state index in [4.69, 9.17) is 5.26 Å². The van der Waals surface area contributed by atoms with Gasteiger partial charge in [0, 0.05) is 0 Å². The summed E-state index contributed by atoms with van der Waals surface area (Å²) >= 11 is 1.56. The van der Waals surface area contributed by atoms with Gasteiger partial charge in [-0.1, -0.05) is 0 Å². The summed E-state index contributed by atoms with van der Waals surface area (Å²) in [5.41, 5.74) is 0.0453. The predicted molar refractivity (Wildman–Crippen MR) is 48.4 cm³/mol. The fourth-order valence-electron chi connectivity index (χ4n) is 0.685. The molecule has 14 heavy (non-hydrogen) atoms. The van der Waals surface area contributed by atoms with Gasteiger partial charge in [-0.25, -0.2) is 4.98 Å². The molecule has 0 radical (unpaired) electrons. The van der Waals surface area contributed by atoms with Crippen molar-refractivity contribution in [2.45, 2.75) is 6.36 Å². The van der Waals surface area contributed by atoms with Crippen LogP contribution in [0.5, 0.6) is 5.75 Å². The van der Waals surface area contributed by atoms with Gasteiger partial charge in [0.15, 0.2) is 5.75 Å². The van der Waals surface area contributed by atoms with E-state index in [0.29, 0.717) is 0 Å². The third-order valence-electron chi connectivity index (χ3n) is 1.15. The van der Waals surface area contributed by atoms with Gasteiger partial charge in [-0.2, -0.15) is 5.26 Å². The lowest BCUT2D eigenvalue weighted by atomic mass is 10.4. The molecule has 0 fully saturated rings. The van der Waals surface area contributed by atoms with E-state index in [-0.39, 0.29) is 9.39 Å². The number of aromatic nitrogens is 1. The number of alkyl halides is 3. The van der Waals surface area contributed by atoms with E-state index in [9.17, 15) is 13.2 Å².